The van der Waals surface area contributed by atoms with Crippen LogP contribution in [-0.2, 0) is 32.2 Å². The second-order valence-electron chi connectivity index (χ2n) is 6.41. The number of aryl methyl sites for hydroxylation is 1. The molecule has 1 aromatic carbocycles. The molecule has 1 heterocycles. The van der Waals surface area contributed by atoms with Crippen LogP contribution in [0.25, 0.3) is 0 Å². The predicted molar refractivity (Wildman–Crippen MR) is 109 cm³/mol. The van der Waals surface area contributed by atoms with Gasteiger partial charge in [0.05, 0.1) is 37.6 Å². The molecule has 0 saturated heterocycles. The van der Waals surface area contributed by atoms with Gasteiger partial charge >= 0.3 is 11.9 Å². The van der Waals surface area contributed by atoms with E-state index >= 15 is 0 Å². The lowest BCUT2D eigenvalue weighted by molar-refractivity contribution is -0.116. The van der Waals surface area contributed by atoms with Crippen molar-refractivity contribution >= 4 is 23.5 Å². The molecule has 10 nitrogen and oxygen atoms in total. The molecule has 0 bridgehead atoms. The van der Waals surface area contributed by atoms with E-state index < -0.39 is 29.9 Å². The fourth-order valence-electron chi connectivity index (χ4n) is 2.93. The molecule has 0 aliphatic rings. The zero-order valence-electron chi connectivity index (χ0n) is 17.5. The van der Waals surface area contributed by atoms with E-state index in [0.717, 1.165) is 4.57 Å². The largest absolute Gasteiger partial charge is 0.465 e. The lowest BCUT2D eigenvalue weighted by Crippen LogP contribution is -2.32. The Kier molecular flexibility index (Phi) is 7.65. The number of rotatable bonds is 7. The van der Waals surface area contributed by atoms with E-state index in [4.69, 9.17) is 9.47 Å². The molecule has 10 heteroatoms. The van der Waals surface area contributed by atoms with Crippen LogP contribution in [0, 0.1) is 18.3 Å². The SMILES string of the molecule is COCc1cc(C)n(CC(=O)Nc2cc(C(=O)OC)ccc2C(=O)OC)c(=O)c1C#N. The highest BCUT2D eigenvalue weighted by Gasteiger charge is 2.19. The van der Waals surface area contributed by atoms with Gasteiger partial charge in [0.15, 0.2) is 0 Å². The van der Waals surface area contributed by atoms with Gasteiger partial charge < -0.3 is 24.1 Å². The molecule has 0 unspecified atom stereocenters. The van der Waals surface area contributed by atoms with Gasteiger partial charge in [-0.1, -0.05) is 0 Å². The summed E-state index contributed by atoms with van der Waals surface area (Å²) >= 11 is 0. The maximum Gasteiger partial charge on any atom is 0.339 e. The van der Waals surface area contributed by atoms with Crippen LogP contribution in [0.15, 0.2) is 29.1 Å². The van der Waals surface area contributed by atoms with E-state index in [1.54, 1.807) is 13.0 Å². The number of hydrogen-bond acceptors (Lipinski definition) is 8. The van der Waals surface area contributed by atoms with Crippen molar-refractivity contribution in [1.29, 1.82) is 5.26 Å². The van der Waals surface area contributed by atoms with Crippen molar-refractivity contribution in [2.45, 2.75) is 20.1 Å². The Bertz CT molecular complexity index is 1130. The molecule has 1 N–H and O–H groups in total. The number of pyridine rings is 1. The van der Waals surface area contributed by atoms with Crippen LogP contribution < -0.4 is 10.9 Å². The van der Waals surface area contributed by atoms with Gasteiger partial charge in [-0.25, -0.2) is 9.59 Å². The van der Waals surface area contributed by atoms with Crippen molar-refractivity contribution in [3.05, 3.63) is 62.6 Å². The third-order valence-electron chi connectivity index (χ3n) is 4.42. The van der Waals surface area contributed by atoms with Crippen LogP contribution in [0.2, 0.25) is 0 Å². The summed E-state index contributed by atoms with van der Waals surface area (Å²) in [5, 5.41) is 11.8. The molecule has 1 aromatic heterocycles. The van der Waals surface area contributed by atoms with Gasteiger partial charge in [0, 0.05) is 18.4 Å². The number of amides is 1. The number of ether oxygens (including phenoxy) is 3. The molecular formula is C21H21N3O7. The maximum absolute atomic E-state index is 12.7. The lowest BCUT2D eigenvalue weighted by Gasteiger charge is -2.15. The summed E-state index contributed by atoms with van der Waals surface area (Å²) in [4.78, 5) is 49.2. The van der Waals surface area contributed by atoms with Crippen LogP contribution in [-0.4, -0.2) is 43.7 Å². The number of aromatic nitrogens is 1. The monoisotopic (exact) mass is 427 g/mol. The Hall–Kier alpha value is -3.97. The Morgan fingerprint density at radius 3 is 2.35 bits per heavy atom. The summed E-state index contributed by atoms with van der Waals surface area (Å²) in [6.07, 6.45) is 0. The maximum atomic E-state index is 12.7. The molecule has 0 aliphatic carbocycles. The van der Waals surface area contributed by atoms with Gasteiger partial charge in [0.1, 0.15) is 18.2 Å². The lowest BCUT2D eigenvalue weighted by atomic mass is 10.1. The van der Waals surface area contributed by atoms with Crippen molar-refractivity contribution in [3.63, 3.8) is 0 Å². The molecule has 162 valence electrons. The van der Waals surface area contributed by atoms with E-state index in [0.29, 0.717) is 11.3 Å². The summed E-state index contributed by atoms with van der Waals surface area (Å²) in [7, 11) is 3.82. The van der Waals surface area contributed by atoms with Gasteiger partial charge in [-0.05, 0) is 31.2 Å². The minimum atomic E-state index is -0.726. The number of nitrogens with one attached hydrogen (secondary N) is 1. The van der Waals surface area contributed by atoms with Crippen molar-refractivity contribution in [1.82, 2.24) is 4.57 Å². The number of methoxy groups -OCH3 is 3. The number of hydrogen-bond donors (Lipinski definition) is 1. The Labute approximate surface area is 177 Å². The molecule has 1 amide bonds. The predicted octanol–water partition coefficient (Wildman–Crippen LogP) is 1.39. The molecule has 0 radical (unpaired) electrons. The number of nitriles is 1. The van der Waals surface area contributed by atoms with E-state index in [1.165, 1.54) is 39.5 Å². The number of esters is 2. The summed E-state index contributed by atoms with van der Waals surface area (Å²) in [5.74, 6) is -2.04. The quantitative estimate of drug-likeness (QED) is 0.655. The first kappa shape index (κ1) is 23.3. The first-order chi connectivity index (χ1) is 14.8. The summed E-state index contributed by atoms with van der Waals surface area (Å²) < 4.78 is 15.5. The normalized spacial score (nSPS) is 10.2. The number of benzene rings is 1. The number of nitrogens with zero attached hydrogens (tertiary/aromatic N) is 2. The van der Waals surface area contributed by atoms with E-state index in [9.17, 15) is 24.4 Å². The fraction of sp³-hybridized carbons (Fsp3) is 0.286. The van der Waals surface area contributed by atoms with Crippen LogP contribution in [0.3, 0.4) is 0 Å². The zero-order valence-corrected chi connectivity index (χ0v) is 17.5. The molecular weight excluding hydrogens is 406 g/mol. The van der Waals surface area contributed by atoms with Crippen molar-refractivity contribution in [3.8, 4) is 6.07 Å². The van der Waals surface area contributed by atoms with Gasteiger partial charge in [-0.15, -0.1) is 0 Å². The second kappa shape index (κ2) is 10.2. The molecule has 0 spiro atoms. The molecule has 0 atom stereocenters. The number of carbonyl (C=O) groups excluding carboxylic acids is 3. The van der Waals surface area contributed by atoms with Crippen LogP contribution in [0.4, 0.5) is 5.69 Å². The standard InChI is InChI=1S/C21H21N3O7/c1-12-7-14(11-29-2)16(9-22)19(26)24(12)10-18(25)23-17-8-13(20(27)30-3)5-6-15(17)21(28)31-4/h5-8H,10-11H2,1-4H3,(H,23,25). The summed E-state index contributed by atoms with van der Waals surface area (Å²) in [6, 6.07) is 7.38. The average Bonchev–Trinajstić information content (AvgIpc) is 2.75. The Morgan fingerprint density at radius 1 is 1.10 bits per heavy atom. The number of anilines is 1. The Balaban J connectivity index is 2.41. The first-order valence-corrected chi connectivity index (χ1v) is 9.00. The van der Waals surface area contributed by atoms with Gasteiger partial charge in [0.25, 0.3) is 5.56 Å². The topological polar surface area (TPSA) is 137 Å². The fourth-order valence-corrected chi connectivity index (χ4v) is 2.93. The van der Waals surface area contributed by atoms with Crippen molar-refractivity contribution in [2.24, 2.45) is 0 Å². The third-order valence-corrected chi connectivity index (χ3v) is 4.42. The first-order valence-electron chi connectivity index (χ1n) is 9.00. The van der Waals surface area contributed by atoms with Crippen LogP contribution in [0.5, 0.6) is 0 Å². The van der Waals surface area contributed by atoms with Crippen molar-refractivity contribution in [2.75, 3.05) is 26.6 Å². The smallest absolute Gasteiger partial charge is 0.339 e. The molecule has 0 fully saturated rings. The number of carbonyl (C=O) groups is 3. The second-order valence-corrected chi connectivity index (χ2v) is 6.41. The van der Waals surface area contributed by atoms with E-state index in [1.807, 2.05) is 6.07 Å². The summed E-state index contributed by atoms with van der Waals surface area (Å²) in [6.45, 7) is 1.28. The van der Waals surface area contributed by atoms with Crippen LogP contribution >= 0.6 is 0 Å². The third kappa shape index (κ3) is 5.15. The minimum Gasteiger partial charge on any atom is -0.465 e. The Morgan fingerprint density at radius 2 is 1.77 bits per heavy atom. The van der Waals surface area contributed by atoms with Crippen LogP contribution in [0.1, 0.15) is 37.5 Å². The molecule has 0 aliphatic heterocycles. The molecule has 31 heavy (non-hydrogen) atoms. The molecule has 2 rings (SSSR count). The van der Waals surface area contributed by atoms with E-state index in [2.05, 4.69) is 10.1 Å². The highest BCUT2D eigenvalue weighted by molar-refractivity contribution is 6.03. The molecule has 0 saturated carbocycles. The van der Waals surface area contributed by atoms with Gasteiger partial charge in [0.2, 0.25) is 5.91 Å². The average molecular weight is 427 g/mol. The highest BCUT2D eigenvalue weighted by Crippen LogP contribution is 2.20. The zero-order chi connectivity index (χ0) is 23.1. The van der Waals surface area contributed by atoms with E-state index in [-0.39, 0.29) is 29.0 Å². The molecule has 2 aromatic rings. The highest BCUT2D eigenvalue weighted by atomic mass is 16.5. The van der Waals surface area contributed by atoms with Gasteiger partial charge in [-0.3, -0.25) is 9.59 Å². The van der Waals surface area contributed by atoms with Crippen molar-refractivity contribution < 1.29 is 28.6 Å². The summed E-state index contributed by atoms with van der Waals surface area (Å²) in [5.41, 5.74) is 0.243. The van der Waals surface area contributed by atoms with Gasteiger partial charge in [-0.2, -0.15) is 5.26 Å². The minimum absolute atomic E-state index is 0.0146.